The van der Waals surface area contributed by atoms with Gasteiger partial charge in [-0.1, -0.05) is 12.1 Å². The Bertz CT molecular complexity index is 651. The van der Waals surface area contributed by atoms with Crippen LogP contribution in [0.1, 0.15) is 33.3 Å². The van der Waals surface area contributed by atoms with Gasteiger partial charge < -0.3 is 9.31 Å². The number of pyridine rings is 1. The Morgan fingerprint density at radius 2 is 1.65 bits per heavy atom. The molecule has 1 aliphatic rings. The van der Waals surface area contributed by atoms with E-state index in [9.17, 15) is 0 Å². The summed E-state index contributed by atoms with van der Waals surface area (Å²) in [5.41, 5.74) is 2.61. The van der Waals surface area contributed by atoms with E-state index in [2.05, 4.69) is 57.8 Å². The molecule has 1 aliphatic heterocycles. The number of rotatable bonds is 1. The molecular weight excluding hydrogens is 249 g/mol. The third-order valence-electron chi connectivity index (χ3n) is 4.51. The highest BCUT2D eigenvalue weighted by Gasteiger charge is 2.51. The average molecular weight is 269 g/mol. The van der Waals surface area contributed by atoms with Gasteiger partial charge in [0.25, 0.3) is 0 Å². The molecule has 0 saturated carbocycles. The van der Waals surface area contributed by atoms with E-state index >= 15 is 0 Å². The number of benzene rings is 1. The second-order valence-corrected chi connectivity index (χ2v) is 6.49. The third-order valence-corrected chi connectivity index (χ3v) is 4.51. The Kier molecular flexibility index (Phi) is 2.92. The molecule has 1 aromatic heterocycles. The molecule has 2 heterocycles. The number of hydrogen-bond acceptors (Lipinski definition) is 3. The first-order valence-corrected chi connectivity index (χ1v) is 7.01. The summed E-state index contributed by atoms with van der Waals surface area (Å²) < 4.78 is 12.2. The molecule has 0 atom stereocenters. The average Bonchev–Trinajstić information content (AvgIpc) is 2.58. The maximum atomic E-state index is 6.08. The van der Waals surface area contributed by atoms with Gasteiger partial charge in [0.15, 0.2) is 0 Å². The zero-order valence-electron chi connectivity index (χ0n) is 12.7. The van der Waals surface area contributed by atoms with Gasteiger partial charge in [-0.05, 0) is 57.8 Å². The first kappa shape index (κ1) is 13.6. The standard InChI is InChI=1S/C16H20BNO2/c1-11-8-9-18-14-10-12(6-7-13(11)14)17-19-15(2,3)16(4,5)20-17/h6-10H,1-5H3. The van der Waals surface area contributed by atoms with Gasteiger partial charge in [-0.3, -0.25) is 4.98 Å². The quantitative estimate of drug-likeness (QED) is 0.746. The Morgan fingerprint density at radius 1 is 1.00 bits per heavy atom. The topological polar surface area (TPSA) is 31.4 Å². The lowest BCUT2D eigenvalue weighted by Gasteiger charge is -2.32. The molecule has 3 nitrogen and oxygen atoms in total. The summed E-state index contributed by atoms with van der Waals surface area (Å²) in [5.74, 6) is 0. The summed E-state index contributed by atoms with van der Waals surface area (Å²) in [6, 6.07) is 8.25. The molecule has 0 N–H and O–H groups in total. The van der Waals surface area contributed by atoms with Crippen molar-refractivity contribution < 1.29 is 9.31 Å². The first-order valence-electron chi connectivity index (χ1n) is 7.01. The van der Waals surface area contributed by atoms with Crippen LogP contribution in [-0.4, -0.2) is 23.3 Å². The van der Waals surface area contributed by atoms with Crippen LogP contribution in [-0.2, 0) is 9.31 Å². The zero-order chi connectivity index (χ0) is 14.5. The van der Waals surface area contributed by atoms with E-state index in [1.54, 1.807) is 0 Å². The van der Waals surface area contributed by atoms with Crippen LogP contribution in [0.15, 0.2) is 30.5 Å². The molecular formula is C16H20BNO2. The molecule has 104 valence electrons. The smallest absolute Gasteiger partial charge is 0.399 e. The molecule has 1 aromatic carbocycles. The molecule has 1 fully saturated rings. The minimum absolute atomic E-state index is 0.313. The molecule has 0 bridgehead atoms. The molecule has 1 saturated heterocycles. The molecule has 0 spiro atoms. The molecule has 0 aliphatic carbocycles. The summed E-state index contributed by atoms with van der Waals surface area (Å²) in [6.45, 7) is 10.4. The van der Waals surface area contributed by atoms with Crippen molar-refractivity contribution in [3.05, 3.63) is 36.0 Å². The molecule has 3 rings (SSSR count). The number of aromatic nitrogens is 1. The van der Waals surface area contributed by atoms with Crippen molar-refractivity contribution >= 4 is 23.5 Å². The summed E-state index contributed by atoms with van der Waals surface area (Å²) in [4.78, 5) is 4.44. The summed E-state index contributed by atoms with van der Waals surface area (Å²) in [5, 5.41) is 1.17. The number of nitrogens with zero attached hydrogens (tertiary/aromatic N) is 1. The number of fused-ring (bicyclic) bond motifs is 1. The van der Waals surface area contributed by atoms with E-state index in [1.807, 2.05) is 12.3 Å². The Balaban J connectivity index is 2.00. The highest BCUT2D eigenvalue weighted by atomic mass is 16.7. The van der Waals surface area contributed by atoms with Crippen molar-refractivity contribution in [2.75, 3.05) is 0 Å². The van der Waals surface area contributed by atoms with E-state index in [4.69, 9.17) is 9.31 Å². The van der Waals surface area contributed by atoms with E-state index in [0.29, 0.717) is 0 Å². The minimum atomic E-state index is -0.327. The summed E-state index contributed by atoms with van der Waals surface area (Å²) in [6.07, 6.45) is 1.84. The Morgan fingerprint density at radius 3 is 2.30 bits per heavy atom. The molecule has 0 unspecified atom stereocenters. The predicted octanol–water partition coefficient (Wildman–Crippen LogP) is 2.84. The van der Waals surface area contributed by atoms with Crippen LogP contribution in [0.2, 0.25) is 0 Å². The van der Waals surface area contributed by atoms with Crippen molar-refractivity contribution in [3.8, 4) is 0 Å². The van der Waals surface area contributed by atoms with Crippen LogP contribution in [0.3, 0.4) is 0 Å². The maximum Gasteiger partial charge on any atom is 0.494 e. The van der Waals surface area contributed by atoms with Crippen LogP contribution in [0.4, 0.5) is 0 Å². The van der Waals surface area contributed by atoms with Gasteiger partial charge in [0.2, 0.25) is 0 Å². The monoisotopic (exact) mass is 269 g/mol. The third kappa shape index (κ3) is 2.04. The van der Waals surface area contributed by atoms with Gasteiger partial charge in [-0.25, -0.2) is 0 Å². The number of hydrogen-bond donors (Lipinski definition) is 0. The second kappa shape index (κ2) is 4.30. The lowest BCUT2D eigenvalue weighted by atomic mass is 9.78. The van der Waals surface area contributed by atoms with Crippen LogP contribution < -0.4 is 5.46 Å². The highest BCUT2D eigenvalue weighted by Crippen LogP contribution is 2.36. The fraction of sp³-hybridized carbons (Fsp3) is 0.438. The van der Waals surface area contributed by atoms with Gasteiger partial charge in [-0.15, -0.1) is 0 Å². The summed E-state index contributed by atoms with van der Waals surface area (Å²) in [7, 11) is -0.327. The Labute approximate surface area is 120 Å². The van der Waals surface area contributed by atoms with Gasteiger partial charge in [0.05, 0.1) is 16.7 Å². The van der Waals surface area contributed by atoms with Crippen LogP contribution in [0, 0.1) is 6.92 Å². The van der Waals surface area contributed by atoms with Crippen LogP contribution >= 0.6 is 0 Å². The van der Waals surface area contributed by atoms with E-state index in [0.717, 1.165) is 11.0 Å². The molecule has 0 radical (unpaired) electrons. The number of aryl methyl sites for hydroxylation is 1. The molecule has 4 heteroatoms. The van der Waals surface area contributed by atoms with Gasteiger partial charge >= 0.3 is 7.12 Å². The lowest BCUT2D eigenvalue weighted by Crippen LogP contribution is -2.41. The predicted molar refractivity (Wildman–Crippen MR) is 82.2 cm³/mol. The van der Waals surface area contributed by atoms with Gasteiger partial charge in [-0.2, -0.15) is 0 Å². The van der Waals surface area contributed by atoms with Crippen molar-refractivity contribution in [2.24, 2.45) is 0 Å². The van der Waals surface area contributed by atoms with Gasteiger partial charge in [0.1, 0.15) is 0 Å². The fourth-order valence-electron chi connectivity index (χ4n) is 2.43. The Hall–Kier alpha value is -1.39. The minimum Gasteiger partial charge on any atom is -0.399 e. The van der Waals surface area contributed by atoms with E-state index < -0.39 is 0 Å². The lowest BCUT2D eigenvalue weighted by molar-refractivity contribution is 0.00578. The van der Waals surface area contributed by atoms with Crippen LogP contribution in [0.5, 0.6) is 0 Å². The van der Waals surface area contributed by atoms with Crippen molar-refractivity contribution in [2.45, 2.75) is 45.8 Å². The zero-order valence-corrected chi connectivity index (χ0v) is 12.7. The first-order chi connectivity index (χ1) is 9.30. The maximum absolute atomic E-state index is 6.08. The molecule has 20 heavy (non-hydrogen) atoms. The summed E-state index contributed by atoms with van der Waals surface area (Å²) >= 11 is 0. The van der Waals surface area contributed by atoms with Crippen molar-refractivity contribution in [1.29, 1.82) is 0 Å². The fourth-order valence-corrected chi connectivity index (χ4v) is 2.43. The highest BCUT2D eigenvalue weighted by molar-refractivity contribution is 6.62. The van der Waals surface area contributed by atoms with Gasteiger partial charge in [0, 0.05) is 11.6 Å². The van der Waals surface area contributed by atoms with Crippen LogP contribution in [0.25, 0.3) is 10.9 Å². The van der Waals surface area contributed by atoms with E-state index in [-0.39, 0.29) is 18.3 Å². The normalized spacial score (nSPS) is 20.6. The van der Waals surface area contributed by atoms with Crippen molar-refractivity contribution in [3.63, 3.8) is 0 Å². The van der Waals surface area contributed by atoms with E-state index in [1.165, 1.54) is 10.9 Å². The molecule has 2 aromatic rings. The molecule has 0 amide bonds. The van der Waals surface area contributed by atoms with Crippen molar-refractivity contribution in [1.82, 2.24) is 4.98 Å². The SMILES string of the molecule is Cc1ccnc2cc(B3OC(C)(C)C(C)(C)O3)ccc12. The largest absolute Gasteiger partial charge is 0.494 e. The second-order valence-electron chi connectivity index (χ2n) is 6.49.